The quantitative estimate of drug-likeness (QED) is 0.591. The Kier molecular flexibility index (Phi) is 4.35. The van der Waals surface area contributed by atoms with Gasteiger partial charge in [-0.3, -0.25) is 4.79 Å². The molecule has 82 valence electrons. The first-order valence-corrected chi connectivity index (χ1v) is 5.38. The van der Waals surface area contributed by atoms with Gasteiger partial charge in [0.2, 0.25) is 5.91 Å². The molecule has 1 amide bonds. The Bertz CT molecular complexity index is 188. The van der Waals surface area contributed by atoms with Crippen LogP contribution in [0, 0.1) is 5.92 Å². The molecule has 0 saturated carbocycles. The standard InChI is InChI=1S/C10H21N3O/c1-7(11)10(14)13-8(2)9-4-3-5-12-6-9/h7-9,12H,3-6,11H2,1-2H3,(H,13,14). The summed E-state index contributed by atoms with van der Waals surface area (Å²) >= 11 is 0. The number of carbonyl (C=O) groups is 1. The summed E-state index contributed by atoms with van der Waals surface area (Å²) in [7, 11) is 0. The summed E-state index contributed by atoms with van der Waals surface area (Å²) in [6.45, 7) is 5.87. The van der Waals surface area contributed by atoms with Crippen molar-refractivity contribution in [1.29, 1.82) is 0 Å². The highest BCUT2D eigenvalue weighted by atomic mass is 16.2. The molecule has 0 radical (unpaired) electrons. The normalized spacial score (nSPS) is 26.6. The molecule has 1 saturated heterocycles. The first kappa shape index (κ1) is 11.5. The smallest absolute Gasteiger partial charge is 0.236 e. The van der Waals surface area contributed by atoms with Crippen LogP contribution in [0.5, 0.6) is 0 Å². The van der Waals surface area contributed by atoms with Gasteiger partial charge in [-0.1, -0.05) is 0 Å². The highest BCUT2D eigenvalue weighted by Gasteiger charge is 2.21. The molecule has 0 spiro atoms. The van der Waals surface area contributed by atoms with E-state index in [1.54, 1.807) is 6.92 Å². The van der Waals surface area contributed by atoms with Crippen LogP contribution in [0.2, 0.25) is 0 Å². The Hall–Kier alpha value is -0.610. The molecular formula is C10H21N3O. The van der Waals surface area contributed by atoms with Crippen LogP contribution in [0.25, 0.3) is 0 Å². The molecule has 0 bridgehead atoms. The van der Waals surface area contributed by atoms with Crippen LogP contribution in [-0.2, 0) is 4.79 Å². The van der Waals surface area contributed by atoms with E-state index in [9.17, 15) is 4.79 Å². The highest BCUT2D eigenvalue weighted by molar-refractivity contribution is 5.81. The van der Waals surface area contributed by atoms with Crippen LogP contribution in [0.15, 0.2) is 0 Å². The van der Waals surface area contributed by atoms with Crippen LogP contribution < -0.4 is 16.4 Å². The minimum absolute atomic E-state index is 0.0527. The van der Waals surface area contributed by atoms with Crippen molar-refractivity contribution < 1.29 is 4.79 Å². The van der Waals surface area contributed by atoms with Crippen LogP contribution in [0.4, 0.5) is 0 Å². The molecule has 1 fully saturated rings. The number of hydrogen-bond donors (Lipinski definition) is 3. The summed E-state index contributed by atoms with van der Waals surface area (Å²) in [6, 6.07) is -0.185. The maximum Gasteiger partial charge on any atom is 0.236 e. The molecule has 4 N–H and O–H groups in total. The molecule has 1 rings (SSSR count). The molecule has 1 heterocycles. The fourth-order valence-corrected chi connectivity index (χ4v) is 1.78. The molecule has 0 aromatic rings. The van der Waals surface area contributed by atoms with Crippen molar-refractivity contribution in [1.82, 2.24) is 10.6 Å². The molecule has 0 aromatic carbocycles. The van der Waals surface area contributed by atoms with Gasteiger partial charge in [0.15, 0.2) is 0 Å². The second kappa shape index (κ2) is 5.32. The molecular weight excluding hydrogens is 178 g/mol. The zero-order chi connectivity index (χ0) is 10.6. The zero-order valence-corrected chi connectivity index (χ0v) is 9.05. The van der Waals surface area contributed by atoms with E-state index in [0.29, 0.717) is 5.92 Å². The van der Waals surface area contributed by atoms with E-state index in [2.05, 4.69) is 17.6 Å². The minimum atomic E-state index is -0.408. The Balaban J connectivity index is 2.32. The van der Waals surface area contributed by atoms with Gasteiger partial charge >= 0.3 is 0 Å². The van der Waals surface area contributed by atoms with Crippen LogP contribution in [0.1, 0.15) is 26.7 Å². The van der Waals surface area contributed by atoms with Crippen molar-refractivity contribution in [3.05, 3.63) is 0 Å². The summed E-state index contributed by atoms with van der Waals surface area (Å²) in [4.78, 5) is 11.3. The Labute approximate surface area is 85.6 Å². The van der Waals surface area contributed by atoms with Crippen molar-refractivity contribution in [2.24, 2.45) is 11.7 Å². The van der Waals surface area contributed by atoms with E-state index >= 15 is 0 Å². The van der Waals surface area contributed by atoms with E-state index in [4.69, 9.17) is 5.73 Å². The van der Waals surface area contributed by atoms with E-state index in [1.807, 2.05) is 0 Å². The SMILES string of the molecule is CC(N)C(=O)NC(C)C1CCCNC1. The van der Waals surface area contributed by atoms with Gasteiger partial charge in [0, 0.05) is 6.04 Å². The van der Waals surface area contributed by atoms with E-state index in [1.165, 1.54) is 12.8 Å². The number of rotatable bonds is 3. The maximum atomic E-state index is 11.3. The lowest BCUT2D eigenvalue weighted by Gasteiger charge is -2.29. The molecule has 14 heavy (non-hydrogen) atoms. The molecule has 0 aliphatic carbocycles. The highest BCUT2D eigenvalue weighted by Crippen LogP contribution is 2.13. The van der Waals surface area contributed by atoms with Crippen molar-refractivity contribution in [3.63, 3.8) is 0 Å². The number of carbonyl (C=O) groups excluding carboxylic acids is 1. The maximum absolute atomic E-state index is 11.3. The molecule has 4 nitrogen and oxygen atoms in total. The minimum Gasteiger partial charge on any atom is -0.352 e. The number of hydrogen-bond acceptors (Lipinski definition) is 3. The summed E-state index contributed by atoms with van der Waals surface area (Å²) in [5, 5.41) is 6.28. The van der Waals surface area contributed by atoms with Crippen molar-refractivity contribution in [2.75, 3.05) is 13.1 Å². The van der Waals surface area contributed by atoms with E-state index in [-0.39, 0.29) is 11.9 Å². The van der Waals surface area contributed by atoms with Crippen LogP contribution >= 0.6 is 0 Å². The fraction of sp³-hybridized carbons (Fsp3) is 0.900. The molecule has 1 aliphatic rings. The number of nitrogens with one attached hydrogen (secondary N) is 2. The van der Waals surface area contributed by atoms with Crippen molar-refractivity contribution in [2.45, 2.75) is 38.8 Å². The Morgan fingerprint density at radius 2 is 2.29 bits per heavy atom. The summed E-state index contributed by atoms with van der Waals surface area (Å²) in [5.74, 6) is 0.495. The molecule has 3 unspecified atom stereocenters. The first-order valence-electron chi connectivity index (χ1n) is 5.38. The molecule has 0 aromatic heterocycles. The molecule has 3 atom stereocenters. The third kappa shape index (κ3) is 3.27. The Morgan fingerprint density at radius 3 is 2.79 bits per heavy atom. The second-order valence-electron chi connectivity index (χ2n) is 4.19. The van der Waals surface area contributed by atoms with Crippen molar-refractivity contribution >= 4 is 5.91 Å². The number of piperidine rings is 1. The van der Waals surface area contributed by atoms with Gasteiger partial charge in [-0.25, -0.2) is 0 Å². The largest absolute Gasteiger partial charge is 0.352 e. The van der Waals surface area contributed by atoms with Gasteiger partial charge in [0.05, 0.1) is 6.04 Å². The van der Waals surface area contributed by atoms with Gasteiger partial charge in [-0.15, -0.1) is 0 Å². The summed E-state index contributed by atoms with van der Waals surface area (Å²) < 4.78 is 0. The summed E-state index contributed by atoms with van der Waals surface area (Å²) in [5.41, 5.74) is 5.49. The lowest BCUT2D eigenvalue weighted by molar-refractivity contribution is -0.123. The first-order chi connectivity index (χ1) is 6.61. The zero-order valence-electron chi connectivity index (χ0n) is 9.05. The summed E-state index contributed by atoms with van der Waals surface area (Å²) in [6.07, 6.45) is 2.39. The van der Waals surface area contributed by atoms with Crippen molar-refractivity contribution in [3.8, 4) is 0 Å². The third-order valence-corrected chi connectivity index (χ3v) is 2.83. The predicted octanol–water partition coefficient (Wildman–Crippen LogP) is -0.162. The topological polar surface area (TPSA) is 67.2 Å². The molecule has 4 heteroatoms. The molecule has 1 aliphatic heterocycles. The Morgan fingerprint density at radius 1 is 1.57 bits per heavy atom. The predicted molar refractivity (Wildman–Crippen MR) is 56.8 cm³/mol. The van der Waals surface area contributed by atoms with Gasteiger partial charge in [-0.2, -0.15) is 0 Å². The van der Waals surface area contributed by atoms with E-state index in [0.717, 1.165) is 13.1 Å². The lowest BCUT2D eigenvalue weighted by atomic mass is 9.92. The van der Waals surface area contributed by atoms with Gasteiger partial charge in [-0.05, 0) is 45.7 Å². The van der Waals surface area contributed by atoms with E-state index < -0.39 is 6.04 Å². The number of amides is 1. The van der Waals surface area contributed by atoms with Gasteiger partial charge in [0.1, 0.15) is 0 Å². The second-order valence-corrected chi connectivity index (χ2v) is 4.19. The van der Waals surface area contributed by atoms with Gasteiger partial charge < -0.3 is 16.4 Å². The average molecular weight is 199 g/mol. The van der Waals surface area contributed by atoms with Crippen LogP contribution in [0.3, 0.4) is 0 Å². The lowest BCUT2D eigenvalue weighted by Crippen LogP contribution is -2.48. The van der Waals surface area contributed by atoms with Gasteiger partial charge in [0.25, 0.3) is 0 Å². The number of nitrogens with two attached hydrogens (primary N) is 1. The average Bonchev–Trinajstić information content (AvgIpc) is 2.19. The fourth-order valence-electron chi connectivity index (χ4n) is 1.78. The third-order valence-electron chi connectivity index (χ3n) is 2.83. The monoisotopic (exact) mass is 199 g/mol. The van der Waals surface area contributed by atoms with Crippen LogP contribution in [-0.4, -0.2) is 31.1 Å².